The normalized spacial score (nSPS) is 11.1. The van der Waals surface area contributed by atoms with E-state index in [1.54, 1.807) is 6.07 Å². The molecule has 0 aliphatic rings. The van der Waals surface area contributed by atoms with Crippen molar-refractivity contribution in [2.45, 2.75) is 17.8 Å². The number of benzene rings is 2. The second kappa shape index (κ2) is 7.54. The maximum absolute atomic E-state index is 6.02. The summed E-state index contributed by atoms with van der Waals surface area (Å²) in [7, 11) is 1.95. The third-order valence-corrected chi connectivity index (χ3v) is 5.34. The van der Waals surface area contributed by atoms with E-state index in [-0.39, 0.29) is 0 Å². The number of aromatic nitrogens is 5. The Morgan fingerprint density at radius 3 is 2.78 bits per heavy atom. The second-order valence-corrected chi connectivity index (χ2v) is 7.37. The first kappa shape index (κ1) is 17.8. The predicted octanol–water partition coefficient (Wildman–Crippen LogP) is 4.79. The summed E-state index contributed by atoms with van der Waals surface area (Å²) in [6.45, 7) is 2.06. The highest BCUT2D eigenvalue weighted by Crippen LogP contribution is 2.27. The van der Waals surface area contributed by atoms with Gasteiger partial charge in [0.2, 0.25) is 11.7 Å². The Morgan fingerprint density at radius 1 is 1.11 bits per heavy atom. The highest BCUT2D eigenvalue weighted by atomic mass is 35.5. The van der Waals surface area contributed by atoms with Gasteiger partial charge in [0.25, 0.3) is 0 Å². The third kappa shape index (κ3) is 3.74. The van der Waals surface area contributed by atoms with Gasteiger partial charge >= 0.3 is 0 Å². The van der Waals surface area contributed by atoms with Crippen LogP contribution in [0.3, 0.4) is 0 Å². The van der Waals surface area contributed by atoms with Gasteiger partial charge in [-0.1, -0.05) is 64.9 Å². The largest absolute Gasteiger partial charge is 0.338 e. The Morgan fingerprint density at radius 2 is 1.96 bits per heavy atom. The number of hydrogen-bond acceptors (Lipinski definition) is 6. The molecule has 0 bridgehead atoms. The molecule has 2 heterocycles. The molecule has 0 N–H and O–H groups in total. The lowest BCUT2D eigenvalue weighted by Gasteiger charge is -2.05. The van der Waals surface area contributed by atoms with Gasteiger partial charge in [0.15, 0.2) is 11.0 Å². The minimum Gasteiger partial charge on any atom is -0.338 e. The number of rotatable bonds is 5. The topological polar surface area (TPSA) is 69.6 Å². The summed E-state index contributed by atoms with van der Waals surface area (Å²) in [5, 5.41) is 14.1. The molecule has 0 spiro atoms. The average Bonchev–Trinajstić information content (AvgIpc) is 3.28. The van der Waals surface area contributed by atoms with Gasteiger partial charge in [-0.3, -0.25) is 0 Å². The lowest BCUT2D eigenvalue weighted by Crippen LogP contribution is -1.96. The van der Waals surface area contributed by atoms with Gasteiger partial charge in [-0.2, -0.15) is 4.98 Å². The number of nitrogens with zero attached hydrogens (tertiary/aromatic N) is 5. The van der Waals surface area contributed by atoms with Gasteiger partial charge < -0.3 is 9.09 Å². The molecule has 2 aromatic carbocycles. The maximum Gasteiger partial charge on any atom is 0.237 e. The van der Waals surface area contributed by atoms with Crippen molar-refractivity contribution in [3.63, 3.8) is 0 Å². The zero-order valence-electron chi connectivity index (χ0n) is 14.8. The van der Waals surface area contributed by atoms with Gasteiger partial charge in [0.1, 0.15) is 0 Å². The van der Waals surface area contributed by atoms with Crippen molar-refractivity contribution in [3.8, 4) is 22.8 Å². The first-order valence-electron chi connectivity index (χ1n) is 8.28. The lowest BCUT2D eigenvalue weighted by molar-refractivity contribution is 0.391. The van der Waals surface area contributed by atoms with Crippen LogP contribution in [-0.2, 0) is 12.8 Å². The molecule has 27 heavy (non-hydrogen) atoms. The molecular formula is C19H16ClN5OS. The van der Waals surface area contributed by atoms with E-state index in [0.29, 0.717) is 22.5 Å². The van der Waals surface area contributed by atoms with Crippen LogP contribution in [0.15, 0.2) is 58.2 Å². The van der Waals surface area contributed by atoms with E-state index < -0.39 is 0 Å². The predicted molar refractivity (Wildman–Crippen MR) is 105 cm³/mol. The van der Waals surface area contributed by atoms with E-state index in [0.717, 1.165) is 27.7 Å². The SMILES string of the molecule is Cc1ccccc1-c1nnc(SCc2nc(-c3cccc(Cl)c3)no2)n1C. The van der Waals surface area contributed by atoms with E-state index in [4.69, 9.17) is 16.1 Å². The summed E-state index contributed by atoms with van der Waals surface area (Å²) >= 11 is 7.52. The standard InChI is InChI=1S/C19H16ClN5OS/c1-12-6-3-4-9-15(12)18-22-23-19(25(18)2)27-11-16-21-17(24-26-16)13-7-5-8-14(20)10-13/h3-10H,11H2,1-2H3. The van der Waals surface area contributed by atoms with Crippen LogP contribution in [-0.4, -0.2) is 24.9 Å². The van der Waals surface area contributed by atoms with E-state index in [9.17, 15) is 0 Å². The van der Waals surface area contributed by atoms with E-state index in [1.807, 2.05) is 48.0 Å². The summed E-state index contributed by atoms with van der Waals surface area (Å²) in [4.78, 5) is 4.43. The molecule has 0 saturated carbocycles. The molecule has 0 saturated heterocycles. The minimum atomic E-state index is 0.507. The van der Waals surface area contributed by atoms with Crippen LogP contribution in [0.25, 0.3) is 22.8 Å². The fourth-order valence-electron chi connectivity index (χ4n) is 2.68. The van der Waals surface area contributed by atoms with Crippen molar-refractivity contribution in [1.82, 2.24) is 24.9 Å². The van der Waals surface area contributed by atoms with Gasteiger partial charge in [0.05, 0.1) is 5.75 Å². The highest BCUT2D eigenvalue weighted by Gasteiger charge is 2.15. The fourth-order valence-corrected chi connectivity index (χ4v) is 3.62. The summed E-state index contributed by atoms with van der Waals surface area (Å²) in [6.07, 6.45) is 0. The zero-order chi connectivity index (χ0) is 18.8. The summed E-state index contributed by atoms with van der Waals surface area (Å²) in [6, 6.07) is 15.5. The van der Waals surface area contributed by atoms with Crippen LogP contribution in [0, 0.1) is 6.92 Å². The first-order valence-corrected chi connectivity index (χ1v) is 9.65. The molecule has 0 aliphatic heterocycles. The summed E-state index contributed by atoms with van der Waals surface area (Å²) < 4.78 is 7.32. The van der Waals surface area contributed by atoms with Crippen LogP contribution in [0.1, 0.15) is 11.5 Å². The van der Waals surface area contributed by atoms with E-state index in [1.165, 1.54) is 11.8 Å². The maximum atomic E-state index is 6.02. The van der Waals surface area contributed by atoms with Crippen LogP contribution < -0.4 is 0 Å². The van der Waals surface area contributed by atoms with Gasteiger partial charge in [-0.05, 0) is 24.6 Å². The Hall–Kier alpha value is -2.64. The van der Waals surface area contributed by atoms with E-state index >= 15 is 0 Å². The molecular weight excluding hydrogens is 382 g/mol. The molecule has 0 fully saturated rings. The summed E-state index contributed by atoms with van der Waals surface area (Å²) in [5.74, 6) is 2.38. The van der Waals surface area contributed by atoms with Crippen molar-refractivity contribution in [2.75, 3.05) is 0 Å². The first-order chi connectivity index (χ1) is 13.1. The molecule has 0 aliphatic carbocycles. The molecule has 0 atom stereocenters. The molecule has 2 aromatic heterocycles. The Labute approximate surface area is 165 Å². The Balaban J connectivity index is 1.50. The van der Waals surface area contributed by atoms with Gasteiger partial charge in [-0.15, -0.1) is 10.2 Å². The van der Waals surface area contributed by atoms with Crippen LogP contribution >= 0.6 is 23.4 Å². The molecule has 0 amide bonds. The quantitative estimate of drug-likeness (QED) is 0.451. The molecule has 4 aromatic rings. The van der Waals surface area contributed by atoms with Crippen molar-refractivity contribution in [1.29, 1.82) is 0 Å². The van der Waals surface area contributed by atoms with Crippen LogP contribution in [0.2, 0.25) is 5.02 Å². The van der Waals surface area contributed by atoms with Crippen LogP contribution in [0.4, 0.5) is 0 Å². The monoisotopic (exact) mass is 397 g/mol. The van der Waals surface area contributed by atoms with Crippen molar-refractivity contribution >= 4 is 23.4 Å². The summed E-state index contributed by atoms with van der Waals surface area (Å²) in [5.41, 5.74) is 3.05. The number of halogens is 1. The molecule has 0 unspecified atom stereocenters. The molecule has 0 radical (unpaired) electrons. The van der Waals surface area contributed by atoms with Gasteiger partial charge in [-0.25, -0.2) is 0 Å². The molecule has 6 nitrogen and oxygen atoms in total. The van der Waals surface area contributed by atoms with Gasteiger partial charge in [0, 0.05) is 23.2 Å². The molecule has 4 rings (SSSR count). The number of thioether (sulfide) groups is 1. The smallest absolute Gasteiger partial charge is 0.237 e. The number of aryl methyl sites for hydroxylation is 1. The minimum absolute atomic E-state index is 0.507. The van der Waals surface area contributed by atoms with Crippen molar-refractivity contribution < 1.29 is 4.52 Å². The molecule has 8 heteroatoms. The lowest BCUT2D eigenvalue weighted by atomic mass is 10.1. The zero-order valence-corrected chi connectivity index (χ0v) is 16.3. The average molecular weight is 398 g/mol. The van der Waals surface area contributed by atoms with E-state index in [2.05, 4.69) is 33.3 Å². The molecule has 136 valence electrons. The van der Waals surface area contributed by atoms with Crippen molar-refractivity contribution in [3.05, 3.63) is 65.0 Å². The Kier molecular flexibility index (Phi) is 4.96. The fraction of sp³-hybridized carbons (Fsp3) is 0.158. The van der Waals surface area contributed by atoms with Crippen molar-refractivity contribution in [2.24, 2.45) is 7.05 Å². The third-order valence-electron chi connectivity index (χ3n) is 4.10. The second-order valence-electron chi connectivity index (χ2n) is 5.99. The Bertz CT molecular complexity index is 1090. The number of hydrogen-bond donors (Lipinski definition) is 0. The highest BCUT2D eigenvalue weighted by molar-refractivity contribution is 7.98. The van der Waals surface area contributed by atoms with Crippen LogP contribution in [0.5, 0.6) is 0 Å².